The zero-order valence-electron chi connectivity index (χ0n) is 22.8. The van der Waals surface area contributed by atoms with Crippen molar-refractivity contribution in [2.45, 2.75) is 102 Å². The lowest BCUT2D eigenvalue weighted by Crippen LogP contribution is -2.38. The second-order valence-electron chi connectivity index (χ2n) is 11.9. The molecule has 0 bridgehead atoms. The first-order chi connectivity index (χ1) is 18.7. The molecule has 3 nitrogen and oxygen atoms in total. The Morgan fingerprint density at radius 2 is 1.33 bits per heavy atom. The first kappa shape index (κ1) is 30.3. The van der Waals surface area contributed by atoms with Crippen molar-refractivity contribution in [3.05, 3.63) is 42.2 Å². The highest BCUT2D eigenvalue weighted by Crippen LogP contribution is 2.42. The van der Waals surface area contributed by atoms with E-state index in [1.165, 1.54) is 19.3 Å². The molecule has 1 saturated heterocycles. The van der Waals surface area contributed by atoms with Crippen LogP contribution in [0.15, 0.2) is 24.8 Å². The molecule has 1 aliphatic heterocycles. The number of unbranched alkanes of at least 4 members (excludes halogenated alkanes) is 1. The predicted molar refractivity (Wildman–Crippen MR) is 140 cm³/mol. The number of benzene rings is 1. The van der Waals surface area contributed by atoms with Gasteiger partial charge < -0.3 is 14.2 Å². The minimum Gasteiger partial charge on any atom is -0.432 e. The van der Waals surface area contributed by atoms with Crippen LogP contribution in [0.5, 0.6) is 5.75 Å². The highest BCUT2D eigenvalue weighted by atomic mass is 19.3. The molecule has 0 radical (unpaired) electrons. The van der Waals surface area contributed by atoms with Crippen molar-refractivity contribution in [2.24, 2.45) is 29.6 Å². The van der Waals surface area contributed by atoms with E-state index in [2.05, 4.69) is 11.3 Å². The average Bonchev–Trinajstić information content (AvgIpc) is 2.93. The lowest BCUT2D eigenvalue weighted by Gasteiger charge is -2.37. The molecule has 0 spiro atoms. The van der Waals surface area contributed by atoms with E-state index in [4.69, 9.17) is 9.47 Å². The van der Waals surface area contributed by atoms with Gasteiger partial charge in [-0.3, -0.25) is 0 Å². The zero-order chi connectivity index (χ0) is 27.8. The summed E-state index contributed by atoms with van der Waals surface area (Å²) < 4.78 is 85.8. The zero-order valence-corrected chi connectivity index (χ0v) is 22.8. The van der Waals surface area contributed by atoms with Crippen molar-refractivity contribution in [2.75, 3.05) is 13.2 Å². The summed E-state index contributed by atoms with van der Waals surface area (Å²) in [5.74, 6) is -4.35. The van der Waals surface area contributed by atoms with Crippen LogP contribution in [0.2, 0.25) is 0 Å². The third-order valence-electron chi connectivity index (χ3n) is 9.06. The standard InChI is InChI=1S/C31H43F5O3/c1-2-3-6-23-19-37-30(38-20-23)24-13-9-21(10-14-24)7-4-5-8-22-11-15-25(16-12-22)31(35,36)39-26-17-27(32)29(34)28(33)18-26/h2,17-18,21-25,30H,1,3-16,19-20H2. The molecule has 2 saturated carbocycles. The molecular formula is C31H43F5O3. The van der Waals surface area contributed by atoms with Gasteiger partial charge in [0.05, 0.1) is 19.1 Å². The van der Waals surface area contributed by atoms with Crippen LogP contribution < -0.4 is 4.74 Å². The van der Waals surface area contributed by atoms with Crippen LogP contribution in [0.25, 0.3) is 0 Å². The summed E-state index contributed by atoms with van der Waals surface area (Å²) in [5, 5.41) is 0. The second-order valence-corrected chi connectivity index (χ2v) is 11.9. The van der Waals surface area contributed by atoms with Gasteiger partial charge in [-0.2, -0.15) is 8.78 Å². The molecule has 220 valence electrons. The minimum absolute atomic E-state index is 0.0446. The molecule has 3 aliphatic rings. The maximum Gasteiger partial charge on any atom is 0.400 e. The molecule has 1 heterocycles. The third kappa shape index (κ3) is 8.66. The molecule has 8 heteroatoms. The number of hydrogen-bond donors (Lipinski definition) is 0. The summed E-state index contributed by atoms with van der Waals surface area (Å²) in [7, 11) is 0. The molecule has 0 atom stereocenters. The average molecular weight is 559 g/mol. The van der Waals surface area contributed by atoms with Crippen molar-refractivity contribution in [1.29, 1.82) is 0 Å². The summed E-state index contributed by atoms with van der Waals surface area (Å²) in [6.07, 6.45) is 11.7. The topological polar surface area (TPSA) is 27.7 Å². The van der Waals surface area contributed by atoms with Gasteiger partial charge in [-0.1, -0.05) is 31.8 Å². The molecule has 3 fully saturated rings. The Balaban J connectivity index is 1.07. The maximum atomic E-state index is 14.6. The van der Waals surface area contributed by atoms with E-state index in [9.17, 15) is 22.0 Å². The molecule has 39 heavy (non-hydrogen) atoms. The molecule has 0 amide bonds. The number of allylic oxidation sites excluding steroid dienone is 1. The van der Waals surface area contributed by atoms with Gasteiger partial charge >= 0.3 is 6.11 Å². The van der Waals surface area contributed by atoms with Gasteiger partial charge in [0.15, 0.2) is 23.7 Å². The van der Waals surface area contributed by atoms with Crippen LogP contribution in [0, 0.1) is 47.0 Å². The molecular weight excluding hydrogens is 515 g/mol. The van der Waals surface area contributed by atoms with E-state index < -0.39 is 35.2 Å². The third-order valence-corrected chi connectivity index (χ3v) is 9.06. The van der Waals surface area contributed by atoms with Gasteiger partial charge in [0.2, 0.25) is 0 Å². The number of alkyl halides is 2. The Kier molecular flexibility index (Phi) is 11.1. The largest absolute Gasteiger partial charge is 0.432 e. The van der Waals surface area contributed by atoms with Crippen LogP contribution >= 0.6 is 0 Å². The maximum absolute atomic E-state index is 14.6. The molecule has 0 unspecified atom stereocenters. The molecule has 4 rings (SSSR count). The van der Waals surface area contributed by atoms with Crippen LogP contribution in [0.4, 0.5) is 22.0 Å². The first-order valence-electron chi connectivity index (χ1n) is 14.8. The molecule has 0 N–H and O–H groups in total. The summed E-state index contributed by atoms with van der Waals surface area (Å²) in [4.78, 5) is 0. The summed E-state index contributed by atoms with van der Waals surface area (Å²) >= 11 is 0. The molecule has 1 aromatic carbocycles. The Hall–Kier alpha value is -1.67. The normalized spacial score (nSPS) is 30.2. The van der Waals surface area contributed by atoms with Gasteiger partial charge in [-0.15, -0.1) is 6.58 Å². The molecule has 2 aliphatic carbocycles. The quantitative estimate of drug-likeness (QED) is 0.111. The van der Waals surface area contributed by atoms with Crippen molar-refractivity contribution in [3.8, 4) is 5.75 Å². The highest BCUT2D eigenvalue weighted by molar-refractivity contribution is 5.25. The van der Waals surface area contributed by atoms with Crippen LogP contribution in [-0.4, -0.2) is 25.6 Å². The van der Waals surface area contributed by atoms with E-state index >= 15 is 0 Å². The smallest absolute Gasteiger partial charge is 0.400 e. The van der Waals surface area contributed by atoms with Gasteiger partial charge in [0.25, 0.3) is 0 Å². The van der Waals surface area contributed by atoms with Crippen molar-refractivity contribution in [3.63, 3.8) is 0 Å². The van der Waals surface area contributed by atoms with Gasteiger partial charge in [0, 0.05) is 24.0 Å². The van der Waals surface area contributed by atoms with Crippen LogP contribution in [0.3, 0.4) is 0 Å². The van der Waals surface area contributed by atoms with Crippen LogP contribution in [0.1, 0.15) is 89.9 Å². The van der Waals surface area contributed by atoms with E-state index in [0.717, 1.165) is 64.1 Å². The van der Waals surface area contributed by atoms with Crippen LogP contribution in [-0.2, 0) is 9.47 Å². The van der Waals surface area contributed by atoms with Gasteiger partial charge in [0.1, 0.15) is 5.75 Å². The SMILES string of the molecule is C=CCCC1COC(C2CCC(CCCCC3CCC(C(F)(F)Oc4cc(F)c(F)c(F)c4)CC3)CC2)OC1. The summed E-state index contributed by atoms with van der Waals surface area (Å²) in [6.45, 7) is 5.36. The fraction of sp³-hybridized carbons (Fsp3) is 0.742. The second kappa shape index (κ2) is 14.3. The van der Waals surface area contributed by atoms with E-state index in [-0.39, 0.29) is 6.29 Å². The number of rotatable bonds is 12. The lowest BCUT2D eigenvalue weighted by atomic mass is 9.77. The highest BCUT2D eigenvalue weighted by Gasteiger charge is 2.44. The summed E-state index contributed by atoms with van der Waals surface area (Å²) in [5.41, 5.74) is 0. The van der Waals surface area contributed by atoms with E-state index in [1.54, 1.807) is 0 Å². The van der Waals surface area contributed by atoms with E-state index in [1.807, 2.05) is 6.08 Å². The number of ether oxygens (including phenoxy) is 3. The Bertz CT molecular complexity index is 878. The van der Waals surface area contributed by atoms with Crippen molar-refractivity contribution >= 4 is 0 Å². The Morgan fingerprint density at radius 1 is 0.795 bits per heavy atom. The fourth-order valence-corrected chi connectivity index (χ4v) is 6.58. The van der Waals surface area contributed by atoms with Gasteiger partial charge in [-0.05, 0) is 76.0 Å². The number of halogens is 5. The fourth-order valence-electron chi connectivity index (χ4n) is 6.58. The predicted octanol–water partition coefficient (Wildman–Crippen LogP) is 9.20. The molecule has 1 aromatic rings. The first-order valence-corrected chi connectivity index (χ1v) is 14.8. The molecule has 0 aromatic heterocycles. The lowest BCUT2D eigenvalue weighted by molar-refractivity contribution is -0.229. The van der Waals surface area contributed by atoms with Crippen molar-refractivity contribution in [1.82, 2.24) is 0 Å². The Morgan fingerprint density at radius 3 is 1.87 bits per heavy atom. The van der Waals surface area contributed by atoms with Crippen molar-refractivity contribution < 1.29 is 36.2 Å². The number of hydrogen-bond acceptors (Lipinski definition) is 3. The minimum atomic E-state index is -3.55. The summed E-state index contributed by atoms with van der Waals surface area (Å²) in [6, 6.07) is 0.922. The van der Waals surface area contributed by atoms with E-state index in [0.29, 0.717) is 55.6 Å². The van der Waals surface area contributed by atoms with Gasteiger partial charge in [-0.25, -0.2) is 13.2 Å². The monoisotopic (exact) mass is 558 g/mol. The Labute approximate surface area is 229 Å².